The normalized spacial score (nSPS) is 10.8. The zero-order valence-electron chi connectivity index (χ0n) is 22.6. The topological polar surface area (TPSA) is 81.9 Å². The molecule has 3 rings (SSSR count). The van der Waals surface area contributed by atoms with Crippen LogP contribution in [0.4, 0.5) is 11.4 Å². The standard InChI is InChI=1S/C32H32Cl2N2O5/c1-2-22-40-30-15-10-26(11-16-30)6-7-27-12-17-31(36(38)39)28(23-27)24-41-32(37)5-3-4-25-8-13-29(14-9-25)35(20-18-33)21-19-34/h1,6-17,23H,3-5,18-22,24H2/b7-6+. The molecule has 7 nitrogen and oxygen atoms in total. The molecule has 0 aliphatic carbocycles. The van der Waals surface area contributed by atoms with Gasteiger partial charge in [0.2, 0.25) is 0 Å². The maximum absolute atomic E-state index is 12.4. The molecule has 0 heterocycles. The summed E-state index contributed by atoms with van der Waals surface area (Å²) in [6.07, 6.45) is 10.4. The Bertz CT molecular complexity index is 1350. The van der Waals surface area contributed by atoms with Gasteiger partial charge in [-0.1, -0.05) is 42.3 Å². The van der Waals surface area contributed by atoms with Crippen molar-refractivity contribution in [2.75, 3.05) is 36.4 Å². The first-order chi connectivity index (χ1) is 19.9. The van der Waals surface area contributed by atoms with Crippen molar-refractivity contribution >= 4 is 52.7 Å². The number of nitro benzene ring substituents is 1. The summed E-state index contributed by atoms with van der Waals surface area (Å²) in [6.45, 7) is 1.46. The fraction of sp³-hybridized carbons (Fsp3) is 0.281. The summed E-state index contributed by atoms with van der Waals surface area (Å²) in [4.78, 5) is 25.6. The van der Waals surface area contributed by atoms with Crippen LogP contribution in [0.25, 0.3) is 12.2 Å². The second kappa shape index (κ2) is 17.0. The molecule has 0 bridgehead atoms. The number of hydrogen-bond donors (Lipinski definition) is 0. The molecule has 0 fully saturated rings. The predicted octanol–water partition coefficient (Wildman–Crippen LogP) is 7.13. The average Bonchev–Trinajstić information content (AvgIpc) is 2.98. The molecule has 0 aliphatic rings. The predicted molar refractivity (Wildman–Crippen MR) is 166 cm³/mol. The first kappa shape index (κ1) is 31.5. The number of carbonyl (C=O) groups excluding carboxylic acids is 1. The van der Waals surface area contributed by atoms with Gasteiger partial charge in [0, 0.05) is 43.0 Å². The van der Waals surface area contributed by atoms with Gasteiger partial charge in [-0.2, -0.15) is 0 Å². The van der Waals surface area contributed by atoms with Gasteiger partial charge >= 0.3 is 5.97 Å². The second-order valence-electron chi connectivity index (χ2n) is 9.09. The molecule has 0 saturated carbocycles. The fourth-order valence-electron chi connectivity index (χ4n) is 4.11. The Labute approximate surface area is 250 Å². The summed E-state index contributed by atoms with van der Waals surface area (Å²) in [6, 6.07) is 20.2. The minimum Gasteiger partial charge on any atom is -0.481 e. The van der Waals surface area contributed by atoms with E-state index in [1.807, 2.05) is 60.7 Å². The number of benzene rings is 3. The fourth-order valence-corrected chi connectivity index (χ4v) is 4.52. The number of hydrogen-bond acceptors (Lipinski definition) is 6. The molecule has 0 radical (unpaired) electrons. The van der Waals surface area contributed by atoms with Gasteiger partial charge in [0.25, 0.3) is 5.69 Å². The molecule has 0 atom stereocenters. The number of alkyl halides is 2. The lowest BCUT2D eigenvalue weighted by Gasteiger charge is -2.23. The molecule has 214 valence electrons. The van der Waals surface area contributed by atoms with Crippen molar-refractivity contribution in [3.05, 3.63) is 99.1 Å². The zero-order chi connectivity index (χ0) is 29.5. The van der Waals surface area contributed by atoms with Crippen molar-refractivity contribution in [1.29, 1.82) is 0 Å². The number of ether oxygens (including phenoxy) is 2. The van der Waals surface area contributed by atoms with E-state index in [0.29, 0.717) is 49.0 Å². The molecule has 0 unspecified atom stereocenters. The number of carbonyl (C=O) groups is 1. The molecule has 3 aromatic carbocycles. The van der Waals surface area contributed by atoms with Crippen LogP contribution in [0.3, 0.4) is 0 Å². The number of anilines is 1. The number of aryl methyl sites for hydroxylation is 1. The van der Waals surface area contributed by atoms with Crippen LogP contribution in [0.15, 0.2) is 66.7 Å². The lowest BCUT2D eigenvalue weighted by molar-refractivity contribution is -0.385. The van der Waals surface area contributed by atoms with Crippen LogP contribution in [0.1, 0.15) is 35.1 Å². The lowest BCUT2D eigenvalue weighted by atomic mass is 10.1. The van der Waals surface area contributed by atoms with Gasteiger partial charge in [-0.15, -0.1) is 29.6 Å². The second-order valence-corrected chi connectivity index (χ2v) is 9.84. The molecular weight excluding hydrogens is 563 g/mol. The summed E-state index contributed by atoms with van der Waals surface area (Å²) >= 11 is 11.8. The number of nitrogens with zero attached hydrogens (tertiary/aromatic N) is 2. The van der Waals surface area contributed by atoms with Crippen molar-refractivity contribution < 1.29 is 19.2 Å². The van der Waals surface area contributed by atoms with E-state index in [2.05, 4.69) is 10.8 Å². The molecule has 0 amide bonds. The highest BCUT2D eigenvalue weighted by molar-refractivity contribution is 6.18. The number of terminal acetylenes is 1. The Balaban J connectivity index is 1.53. The van der Waals surface area contributed by atoms with E-state index in [-0.39, 0.29) is 25.3 Å². The molecule has 0 aliphatic heterocycles. The Morgan fingerprint density at radius 3 is 2.27 bits per heavy atom. The van der Waals surface area contributed by atoms with Crippen molar-refractivity contribution in [1.82, 2.24) is 0 Å². The smallest absolute Gasteiger partial charge is 0.306 e. The molecule has 0 saturated heterocycles. The highest BCUT2D eigenvalue weighted by Crippen LogP contribution is 2.23. The highest BCUT2D eigenvalue weighted by Gasteiger charge is 2.16. The summed E-state index contributed by atoms with van der Waals surface area (Å²) in [5, 5.41) is 11.5. The van der Waals surface area contributed by atoms with Crippen LogP contribution in [0.2, 0.25) is 0 Å². The summed E-state index contributed by atoms with van der Waals surface area (Å²) in [7, 11) is 0. The van der Waals surface area contributed by atoms with Gasteiger partial charge in [-0.3, -0.25) is 14.9 Å². The highest BCUT2D eigenvalue weighted by atomic mass is 35.5. The van der Waals surface area contributed by atoms with Gasteiger partial charge in [0.05, 0.1) is 10.5 Å². The third kappa shape index (κ3) is 10.5. The maximum atomic E-state index is 12.4. The first-order valence-corrected chi connectivity index (χ1v) is 14.2. The minimum atomic E-state index is -0.476. The Kier molecular flexibility index (Phi) is 13.0. The van der Waals surface area contributed by atoms with E-state index < -0.39 is 10.9 Å². The zero-order valence-corrected chi connectivity index (χ0v) is 24.2. The largest absolute Gasteiger partial charge is 0.481 e. The summed E-state index contributed by atoms with van der Waals surface area (Å²) in [5.74, 6) is 3.72. The molecular formula is C32H32Cl2N2O5. The molecule has 41 heavy (non-hydrogen) atoms. The van der Waals surface area contributed by atoms with Crippen molar-refractivity contribution in [2.45, 2.75) is 25.9 Å². The van der Waals surface area contributed by atoms with Gasteiger partial charge in [-0.25, -0.2) is 0 Å². The molecule has 0 aromatic heterocycles. The van der Waals surface area contributed by atoms with Crippen molar-refractivity contribution in [2.24, 2.45) is 0 Å². The summed E-state index contributed by atoms with van der Waals surface area (Å²) < 4.78 is 10.8. The van der Waals surface area contributed by atoms with E-state index in [9.17, 15) is 14.9 Å². The van der Waals surface area contributed by atoms with Gasteiger partial charge in [0.15, 0.2) is 0 Å². The van der Waals surface area contributed by atoms with Crippen LogP contribution in [-0.4, -0.2) is 42.3 Å². The van der Waals surface area contributed by atoms with Crippen molar-refractivity contribution in [3.8, 4) is 18.1 Å². The number of esters is 1. The van der Waals surface area contributed by atoms with Crippen LogP contribution in [0.5, 0.6) is 5.75 Å². The third-order valence-corrected chi connectivity index (χ3v) is 6.55. The van der Waals surface area contributed by atoms with Gasteiger partial charge in [0.1, 0.15) is 19.0 Å². The van der Waals surface area contributed by atoms with Crippen molar-refractivity contribution in [3.63, 3.8) is 0 Å². The third-order valence-electron chi connectivity index (χ3n) is 6.22. The molecule has 0 N–H and O–H groups in total. The SMILES string of the molecule is C#CCOc1ccc(/C=C/c2ccc([N+](=O)[O-])c(COC(=O)CCCc3ccc(N(CCCl)CCCl)cc3)c2)cc1. The monoisotopic (exact) mass is 594 g/mol. The van der Waals surface area contributed by atoms with Crippen LogP contribution >= 0.6 is 23.2 Å². The molecule has 3 aromatic rings. The van der Waals surface area contributed by atoms with E-state index in [1.54, 1.807) is 12.1 Å². The van der Waals surface area contributed by atoms with E-state index in [4.69, 9.17) is 39.1 Å². The van der Waals surface area contributed by atoms with E-state index in [0.717, 1.165) is 22.4 Å². The number of nitro groups is 1. The van der Waals surface area contributed by atoms with E-state index in [1.165, 1.54) is 6.07 Å². The van der Waals surface area contributed by atoms with Gasteiger partial charge in [-0.05, 0) is 65.9 Å². The van der Waals surface area contributed by atoms with Crippen LogP contribution in [-0.2, 0) is 22.6 Å². The minimum absolute atomic E-state index is 0.0950. The quantitative estimate of drug-likeness (QED) is 0.0438. The van der Waals surface area contributed by atoms with Gasteiger partial charge < -0.3 is 14.4 Å². The number of rotatable bonds is 16. The van der Waals surface area contributed by atoms with E-state index >= 15 is 0 Å². The Hall–Kier alpha value is -3.99. The Morgan fingerprint density at radius 1 is 0.976 bits per heavy atom. The first-order valence-electron chi connectivity index (χ1n) is 13.2. The number of halogens is 2. The average molecular weight is 596 g/mol. The molecule has 0 spiro atoms. The summed E-state index contributed by atoms with van der Waals surface area (Å²) in [5.41, 5.74) is 4.05. The molecule has 9 heteroatoms. The van der Waals surface area contributed by atoms with Crippen LogP contribution in [0, 0.1) is 22.5 Å². The lowest BCUT2D eigenvalue weighted by Crippen LogP contribution is -2.27. The van der Waals surface area contributed by atoms with Crippen LogP contribution < -0.4 is 9.64 Å². The maximum Gasteiger partial charge on any atom is 0.306 e. The Morgan fingerprint density at radius 2 is 1.63 bits per heavy atom.